The average molecular weight is 221 g/mol. The zero-order valence-electron chi connectivity index (χ0n) is 9.10. The van der Waals surface area contributed by atoms with Crippen LogP contribution in [-0.4, -0.2) is 35.1 Å². The van der Waals surface area contributed by atoms with Gasteiger partial charge in [0.25, 0.3) is 0 Å². The fourth-order valence-corrected chi connectivity index (χ4v) is 2.12. The van der Waals surface area contributed by atoms with Gasteiger partial charge in [0.05, 0.1) is 4.70 Å². The molecule has 0 aliphatic heterocycles. The molecule has 0 bridgehead atoms. The molecule has 0 radical (unpaired) electrons. The van der Waals surface area contributed by atoms with Gasteiger partial charge >= 0.3 is 0 Å². The van der Waals surface area contributed by atoms with Gasteiger partial charge < -0.3 is 4.90 Å². The first-order chi connectivity index (χ1) is 7.25. The lowest BCUT2D eigenvalue weighted by Crippen LogP contribution is -2.13. The van der Waals surface area contributed by atoms with Crippen molar-refractivity contribution < 1.29 is 0 Å². The summed E-state index contributed by atoms with van der Waals surface area (Å²) in [7, 11) is 4.21. The smallest absolute Gasteiger partial charge is 0.106 e. The van der Waals surface area contributed by atoms with Crippen LogP contribution in [0.25, 0.3) is 10.2 Å². The van der Waals surface area contributed by atoms with Crippen LogP contribution >= 0.6 is 11.5 Å². The SMILES string of the molecule is CN(C)CCCc1ccc2snnc2c1. The molecule has 2 rings (SSSR count). The zero-order chi connectivity index (χ0) is 10.7. The molecule has 15 heavy (non-hydrogen) atoms. The van der Waals surface area contributed by atoms with Crippen molar-refractivity contribution in [2.24, 2.45) is 0 Å². The van der Waals surface area contributed by atoms with E-state index in [9.17, 15) is 0 Å². The van der Waals surface area contributed by atoms with Gasteiger partial charge in [0.15, 0.2) is 0 Å². The van der Waals surface area contributed by atoms with Gasteiger partial charge in [-0.05, 0) is 62.7 Å². The van der Waals surface area contributed by atoms with E-state index < -0.39 is 0 Å². The Bertz CT molecular complexity index is 436. The number of rotatable bonds is 4. The third-order valence-corrected chi connectivity index (χ3v) is 3.09. The Morgan fingerprint density at radius 1 is 1.33 bits per heavy atom. The predicted molar refractivity (Wildman–Crippen MR) is 64.3 cm³/mol. The fraction of sp³-hybridized carbons (Fsp3) is 0.455. The molecule has 1 heterocycles. The first kappa shape index (κ1) is 10.5. The number of benzene rings is 1. The molecule has 3 nitrogen and oxygen atoms in total. The lowest BCUT2D eigenvalue weighted by Gasteiger charge is -2.08. The van der Waals surface area contributed by atoms with E-state index in [2.05, 4.69) is 46.8 Å². The second kappa shape index (κ2) is 4.68. The Morgan fingerprint density at radius 3 is 3.00 bits per heavy atom. The maximum Gasteiger partial charge on any atom is 0.106 e. The second-order valence-electron chi connectivity index (χ2n) is 3.98. The Hall–Kier alpha value is -1.00. The molecule has 1 aromatic carbocycles. The number of hydrogen-bond donors (Lipinski definition) is 0. The van der Waals surface area contributed by atoms with E-state index >= 15 is 0 Å². The summed E-state index contributed by atoms with van der Waals surface area (Å²) in [5.41, 5.74) is 2.39. The van der Waals surface area contributed by atoms with Crippen LogP contribution in [0.1, 0.15) is 12.0 Å². The first-order valence-electron chi connectivity index (χ1n) is 5.11. The molecule has 0 amide bonds. The zero-order valence-corrected chi connectivity index (χ0v) is 9.92. The topological polar surface area (TPSA) is 29.0 Å². The molecule has 0 saturated carbocycles. The third-order valence-electron chi connectivity index (χ3n) is 2.38. The van der Waals surface area contributed by atoms with E-state index in [1.807, 2.05) is 0 Å². The summed E-state index contributed by atoms with van der Waals surface area (Å²) < 4.78 is 5.11. The minimum Gasteiger partial charge on any atom is -0.309 e. The number of hydrogen-bond acceptors (Lipinski definition) is 4. The summed E-state index contributed by atoms with van der Waals surface area (Å²) in [5, 5.41) is 4.08. The monoisotopic (exact) mass is 221 g/mol. The highest BCUT2D eigenvalue weighted by Gasteiger charge is 2.00. The molecule has 0 aliphatic carbocycles. The molecule has 0 saturated heterocycles. The van der Waals surface area contributed by atoms with Crippen LogP contribution in [0.15, 0.2) is 18.2 Å². The summed E-state index contributed by atoms with van der Waals surface area (Å²) in [6, 6.07) is 6.44. The number of aromatic nitrogens is 2. The highest BCUT2D eigenvalue weighted by molar-refractivity contribution is 7.12. The van der Waals surface area contributed by atoms with E-state index in [4.69, 9.17) is 0 Å². The Balaban J connectivity index is 2.02. The largest absolute Gasteiger partial charge is 0.309 e. The van der Waals surface area contributed by atoms with Crippen molar-refractivity contribution in [2.75, 3.05) is 20.6 Å². The van der Waals surface area contributed by atoms with Gasteiger partial charge in [0, 0.05) is 0 Å². The third kappa shape index (κ3) is 2.73. The minimum atomic E-state index is 1.03. The molecule has 0 N–H and O–H groups in total. The first-order valence-corrected chi connectivity index (χ1v) is 5.89. The molecule has 2 aromatic rings. The van der Waals surface area contributed by atoms with Crippen LogP contribution in [0.3, 0.4) is 0 Å². The van der Waals surface area contributed by atoms with E-state index in [0.29, 0.717) is 0 Å². The highest BCUT2D eigenvalue weighted by Crippen LogP contribution is 2.17. The molecular weight excluding hydrogens is 206 g/mol. The van der Waals surface area contributed by atoms with Gasteiger partial charge in [-0.15, -0.1) is 5.10 Å². The van der Waals surface area contributed by atoms with E-state index in [-0.39, 0.29) is 0 Å². The van der Waals surface area contributed by atoms with Crippen LogP contribution < -0.4 is 0 Å². The van der Waals surface area contributed by atoms with Crippen LogP contribution in [-0.2, 0) is 6.42 Å². The highest BCUT2D eigenvalue weighted by atomic mass is 32.1. The molecule has 0 atom stereocenters. The van der Waals surface area contributed by atoms with Crippen molar-refractivity contribution in [3.8, 4) is 0 Å². The molecular formula is C11H15N3S. The summed E-state index contributed by atoms with van der Waals surface area (Å²) in [4.78, 5) is 2.21. The van der Waals surface area contributed by atoms with Crippen molar-refractivity contribution in [3.63, 3.8) is 0 Å². The molecule has 0 spiro atoms. The number of aryl methyl sites for hydroxylation is 1. The van der Waals surface area contributed by atoms with Crippen molar-refractivity contribution in [2.45, 2.75) is 12.8 Å². The molecule has 1 aromatic heterocycles. The Labute approximate surface area is 93.9 Å². The van der Waals surface area contributed by atoms with Gasteiger partial charge in [-0.1, -0.05) is 10.6 Å². The number of nitrogens with zero attached hydrogens (tertiary/aromatic N) is 3. The van der Waals surface area contributed by atoms with Gasteiger partial charge in [-0.3, -0.25) is 0 Å². The average Bonchev–Trinajstić information content (AvgIpc) is 2.64. The molecule has 80 valence electrons. The van der Waals surface area contributed by atoms with Crippen LogP contribution in [0, 0.1) is 0 Å². The summed E-state index contributed by atoms with van der Waals surface area (Å²) in [6.45, 7) is 1.13. The van der Waals surface area contributed by atoms with Crippen molar-refractivity contribution in [1.82, 2.24) is 14.5 Å². The number of fused-ring (bicyclic) bond motifs is 1. The van der Waals surface area contributed by atoms with Crippen molar-refractivity contribution >= 4 is 21.7 Å². The fourth-order valence-electron chi connectivity index (χ4n) is 1.58. The normalized spacial score (nSPS) is 11.4. The van der Waals surface area contributed by atoms with E-state index in [1.54, 1.807) is 0 Å². The molecule has 0 unspecified atom stereocenters. The maximum atomic E-state index is 4.08. The summed E-state index contributed by atoms with van der Waals surface area (Å²) >= 11 is 1.46. The predicted octanol–water partition coefficient (Wildman–Crippen LogP) is 2.19. The van der Waals surface area contributed by atoms with Crippen molar-refractivity contribution in [1.29, 1.82) is 0 Å². The van der Waals surface area contributed by atoms with Gasteiger partial charge in [0.2, 0.25) is 0 Å². The van der Waals surface area contributed by atoms with Gasteiger partial charge in [0.1, 0.15) is 5.52 Å². The van der Waals surface area contributed by atoms with Gasteiger partial charge in [-0.25, -0.2) is 0 Å². The van der Waals surface area contributed by atoms with Gasteiger partial charge in [-0.2, -0.15) is 0 Å². The van der Waals surface area contributed by atoms with Crippen LogP contribution in [0.5, 0.6) is 0 Å². The van der Waals surface area contributed by atoms with Crippen molar-refractivity contribution in [3.05, 3.63) is 23.8 Å². The molecule has 4 heteroatoms. The molecule has 0 fully saturated rings. The summed E-state index contributed by atoms with van der Waals surface area (Å²) in [5.74, 6) is 0. The summed E-state index contributed by atoms with van der Waals surface area (Å²) in [6.07, 6.45) is 2.31. The van der Waals surface area contributed by atoms with E-state index in [0.717, 1.165) is 18.5 Å². The van der Waals surface area contributed by atoms with E-state index in [1.165, 1.54) is 28.2 Å². The minimum absolute atomic E-state index is 1.03. The van der Waals surface area contributed by atoms with Crippen LogP contribution in [0.2, 0.25) is 0 Å². The lowest BCUT2D eigenvalue weighted by molar-refractivity contribution is 0.400. The second-order valence-corrected chi connectivity index (χ2v) is 4.77. The Morgan fingerprint density at radius 2 is 2.20 bits per heavy atom. The Kier molecular flexibility index (Phi) is 3.28. The maximum absolute atomic E-state index is 4.08. The standard InChI is InChI=1S/C11H15N3S/c1-14(2)7-3-4-9-5-6-11-10(8-9)12-13-15-11/h5-6,8H,3-4,7H2,1-2H3. The quantitative estimate of drug-likeness (QED) is 0.792. The van der Waals surface area contributed by atoms with Crippen LogP contribution in [0.4, 0.5) is 0 Å². The molecule has 0 aliphatic rings. The lowest BCUT2D eigenvalue weighted by atomic mass is 10.1.